The van der Waals surface area contributed by atoms with E-state index in [9.17, 15) is 14.7 Å². The molecule has 2 rings (SSSR count). The minimum atomic E-state index is -1.24. The van der Waals surface area contributed by atoms with Crippen LogP contribution in [0.5, 0.6) is 0 Å². The maximum absolute atomic E-state index is 11.8. The fraction of sp³-hybridized carbons (Fsp3) is 0.714. The predicted octanol–water partition coefficient (Wildman–Crippen LogP) is 0.0156. The third-order valence-electron chi connectivity index (χ3n) is 3.71. The first-order valence-corrected chi connectivity index (χ1v) is 6.68. The van der Waals surface area contributed by atoms with Crippen molar-refractivity contribution in [3.8, 4) is 0 Å². The highest BCUT2D eigenvalue weighted by atomic mass is 16.8. The van der Waals surface area contributed by atoms with E-state index in [0.717, 1.165) is 0 Å². The number of carbonyl (C=O) groups is 2. The lowest BCUT2D eigenvalue weighted by molar-refractivity contribution is -0.169. The van der Waals surface area contributed by atoms with Gasteiger partial charge in [-0.25, -0.2) is 0 Å². The second kappa shape index (κ2) is 5.75. The highest BCUT2D eigenvalue weighted by Crippen LogP contribution is 2.38. The van der Waals surface area contributed by atoms with E-state index >= 15 is 0 Å². The van der Waals surface area contributed by atoms with Gasteiger partial charge in [0.25, 0.3) is 0 Å². The lowest BCUT2D eigenvalue weighted by Crippen LogP contribution is -2.48. The molecule has 0 amide bonds. The summed E-state index contributed by atoms with van der Waals surface area (Å²) in [6.07, 6.45) is 1.13. The molecular formula is C14H20O7. The zero-order valence-corrected chi connectivity index (χ0v) is 12.4. The number of ether oxygens (including phenoxy) is 4. The van der Waals surface area contributed by atoms with Crippen LogP contribution in [0.4, 0.5) is 0 Å². The van der Waals surface area contributed by atoms with Gasteiger partial charge in [0.1, 0.15) is 12.2 Å². The van der Waals surface area contributed by atoms with Crippen molar-refractivity contribution in [3.63, 3.8) is 0 Å². The molecule has 7 heteroatoms. The summed E-state index contributed by atoms with van der Waals surface area (Å²) < 4.78 is 20.5. The van der Waals surface area contributed by atoms with E-state index in [1.807, 2.05) is 0 Å². The average molecular weight is 300 g/mol. The summed E-state index contributed by atoms with van der Waals surface area (Å²) in [5, 5.41) is 10.5. The highest BCUT2D eigenvalue weighted by Gasteiger charge is 2.51. The van der Waals surface area contributed by atoms with Crippen LogP contribution in [0.15, 0.2) is 12.2 Å². The highest BCUT2D eigenvalue weighted by molar-refractivity contribution is 5.95. The number of hydrogen-bond donors (Lipinski definition) is 1. The van der Waals surface area contributed by atoms with E-state index in [0.29, 0.717) is 0 Å². The number of fused-ring (bicyclic) bond motifs is 1. The van der Waals surface area contributed by atoms with Crippen LogP contribution in [0.25, 0.3) is 0 Å². The predicted molar refractivity (Wildman–Crippen MR) is 70.0 cm³/mol. The Hall–Kier alpha value is -1.44. The molecular weight excluding hydrogens is 280 g/mol. The van der Waals surface area contributed by atoms with Gasteiger partial charge in [0.05, 0.1) is 20.3 Å². The van der Waals surface area contributed by atoms with Crippen LogP contribution in [0, 0.1) is 11.8 Å². The van der Waals surface area contributed by atoms with Crippen LogP contribution in [-0.2, 0) is 28.5 Å². The Morgan fingerprint density at radius 3 is 2.24 bits per heavy atom. The number of methoxy groups -OCH3 is 2. The molecule has 21 heavy (non-hydrogen) atoms. The lowest BCUT2D eigenvalue weighted by Gasteiger charge is -2.33. The van der Waals surface area contributed by atoms with Crippen molar-refractivity contribution in [2.75, 3.05) is 14.2 Å². The molecule has 0 saturated carbocycles. The molecule has 1 fully saturated rings. The molecule has 118 valence electrons. The molecule has 0 aromatic carbocycles. The SMILES string of the molecule is COC(=O)C(C(=O)OC)[C@@H]1C=C[C@H]2OC(C)(C)O[C@H]2[C@@H]1O. The number of carbonyl (C=O) groups excluding carboxylic acids is 2. The fourth-order valence-electron chi connectivity index (χ4n) is 2.77. The Morgan fingerprint density at radius 1 is 1.14 bits per heavy atom. The Morgan fingerprint density at radius 2 is 1.71 bits per heavy atom. The summed E-state index contributed by atoms with van der Waals surface area (Å²) >= 11 is 0. The van der Waals surface area contributed by atoms with Gasteiger partial charge in [-0.1, -0.05) is 12.2 Å². The van der Waals surface area contributed by atoms with Crippen molar-refractivity contribution >= 4 is 11.9 Å². The van der Waals surface area contributed by atoms with Crippen LogP contribution in [-0.4, -0.2) is 55.4 Å². The molecule has 0 aromatic rings. The van der Waals surface area contributed by atoms with Crippen molar-refractivity contribution in [2.45, 2.75) is 37.9 Å². The molecule has 4 atom stereocenters. The molecule has 1 saturated heterocycles. The zero-order chi connectivity index (χ0) is 15.8. The minimum Gasteiger partial charge on any atom is -0.468 e. The van der Waals surface area contributed by atoms with Crippen molar-refractivity contribution in [1.29, 1.82) is 0 Å². The summed E-state index contributed by atoms with van der Waals surface area (Å²) in [6.45, 7) is 3.47. The largest absolute Gasteiger partial charge is 0.468 e. The second-order valence-electron chi connectivity index (χ2n) is 5.54. The Bertz CT molecular complexity index is 440. The van der Waals surface area contributed by atoms with Gasteiger partial charge in [-0.2, -0.15) is 0 Å². The van der Waals surface area contributed by atoms with Gasteiger partial charge < -0.3 is 24.1 Å². The summed E-state index contributed by atoms with van der Waals surface area (Å²) in [6, 6.07) is 0. The van der Waals surface area contributed by atoms with Gasteiger partial charge in [-0.3, -0.25) is 9.59 Å². The average Bonchev–Trinajstić information content (AvgIpc) is 2.76. The van der Waals surface area contributed by atoms with E-state index in [-0.39, 0.29) is 0 Å². The standard InChI is InChI=1S/C14H20O7/c1-14(2)20-8-6-5-7(10(15)11(8)21-14)9(12(16)18-3)13(17)19-4/h5-11,15H,1-4H3/t7-,8+,10+,11+/m0/s1. The van der Waals surface area contributed by atoms with E-state index in [1.54, 1.807) is 26.0 Å². The number of aliphatic hydroxyl groups is 1. The van der Waals surface area contributed by atoms with Crippen LogP contribution in [0.2, 0.25) is 0 Å². The second-order valence-corrected chi connectivity index (χ2v) is 5.54. The van der Waals surface area contributed by atoms with Crippen LogP contribution in [0.3, 0.4) is 0 Å². The van der Waals surface area contributed by atoms with Crippen molar-refractivity contribution in [2.24, 2.45) is 11.8 Å². The van der Waals surface area contributed by atoms with Gasteiger partial charge in [-0.05, 0) is 13.8 Å². The van der Waals surface area contributed by atoms with Gasteiger partial charge in [-0.15, -0.1) is 0 Å². The lowest BCUT2D eigenvalue weighted by atomic mass is 9.80. The monoisotopic (exact) mass is 300 g/mol. The first-order valence-electron chi connectivity index (χ1n) is 6.68. The fourth-order valence-corrected chi connectivity index (χ4v) is 2.77. The van der Waals surface area contributed by atoms with Crippen molar-refractivity contribution < 1.29 is 33.6 Å². The summed E-state index contributed by atoms with van der Waals surface area (Å²) in [5.41, 5.74) is 0. The number of rotatable bonds is 3. The maximum atomic E-state index is 11.8. The molecule has 1 N–H and O–H groups in total. The van der Waals surface area contributed by atoms with Crippen molar-refractivity contribution in [1.82, 2.24) is 0 Å². The molecule has 7 nitrogen and oxygen atoms in total. The smallest absolute Gasteiger partial charge is 0.320 e. The molecule has 2 aliphatic rings. The Kier molecular flexibility index (Phi) is 4.36. The summed E-state index contributed by atoms with van der Waals surface area (Å²) in [5.74, 6) is -4.37. The Balaban J connectivity index is 2.26. The first kappa shape index (κ1) is 15.9. The topological polar surface area (TPSA) is 91.3 Å². The van der Waals surface area contributed by atoms with Gasteiger partial charge in [0, 0.05) is 5.92 Å². The van der Waals surface area contributed by atoms with Gasteiger partial charge in [0.2, 0.25) is 0 Å². The number of esters is 2. The number of hydrogen-bond acceptors (Lipinski definition) is 7. The van der Waals surface area contributed by atoms with Crippen molar-refractivity contribution in [3.05, 3.63) is 12.2 Å². The van der Waals surface area contributed by atoms with E-state index < -0.39 is 47.9 Å². The van der Waals surface area contributed by atoms with Gasteiger partial charge in [0.15, 0.2) is 11.7 Å². The summed E-state index contributed by atoms with van der Waals surface area (Å²) in [7, 11) is 2.36. The molecule has 1 aliphatic carbocycles. The molecule has 1 aliphatic heterocycles. The number of aliphatic hydroxyl groups excluding tert-OH is 1. The first-order chi connectivity index (χ1) is 9.80. The van der Waals surface area contributed by atoms with Crippen LogP contribution >= 0.6 is 0 Å². The van der Waals surface area contributed by atoms with Gasteiger partial charge >= 0.3 is 11.9 Å². The third-order valence-corrected chi connectivity index (χ3v) is 3.71. The zero-order valence-electron chi connectivity index (χ0n) is 12.4. The quantitative estimate of drug-likeness (QED) is 0.446. The van der Waals surface area contributed by atoms with Crippen LogP contribution < -0.4 is 0 Å². The van der Waals surface area contributed by atoms with E-state index in [4.69, 9.17) is 9.47 Å². The molecule has 1 heterocycles. The molecule has 0 unspecified atom stereocenters. The normalized spacial score (nSPS) is 33.6. The minimum absolute atomic E-state index is 0.415. The molecule has 0 bridgehead atoms. The molecule has 0 aromatic heterocycles. The summed E-state index contributed by atoms with van der Waals surface area (Å²) in [4.78, 5) is 23.7. The third kappa shape index (κ3) is 2.95. The van der Waals surface area contributed by atoms with E-state index in [1.165, 1.54) is 14.2 Å². The molecule has 0 spiro atoms. The maximum Gasteiger partial charge on any atom is 0.320 e. The van der Waals surface area contributed by atoms with Crippen LogP contribution in [0.1, 0.15) is 13.8 Å². The molecule has 0 radical (unpaired) electrons. The Labute approximate surface area is 122 Å². The van der Waals surface area contributed by atoms with E-state index in [2.05, 4.69) is 9.47 Å².